The lowest BCUT2D eigenvalue weighted by Crippen LogP contribution is -2.12. The quantitative estimate of drug-likeness (QED) is 0.624. The monoisotopic (exact) mass is 371 g/mol. The summed E-state index contributed by atoms with van der Waals surface area (Å²) in [6.07, 6.45) is 0. The highest BCUT2D eigenvalue weighted by Gasteiger charge is 2.13. The molecule has 22 heavy (non-hydrogen) atoms. The molecule has 3 aromatic rings. The predicted molar refractivity (Wildman–Crippen MR) is 96.6 cm³/mol. The van der Waals surface area contributed by atoms with Gasteiger partial charge < -0.3 is 5.32 Å². The number of anilines is 1. The number of para-hydroxylation sites is 1. The molecule has 0 atom stereocenters. The van der Waals surface area contributed by atoms with E-state index in [1.54, 1.807) is 0 Å². The van der Waals surface area contributed by atoms with Crippen LogP contribution in [0.5, 0.6) is 0 Å². The number of amides is 1. The number of thiophene rings is 1. The summed E-state index contributed by atoms with van der Waals surface area (Å²) in [5.41, 5.74) is 3.91. The standard InChI is InChI=1S/C18H14BrNOS/c1-12-10-11-22-17(12)18(21)20-16-5-3-2-4-15(16)13-6-8-14(19)9-7-13/h2-11H,1H3,(H,20,21). The van der Waals surface area contributed by atoms with Crippen molar-refractivity contribution in [3.05, 3.63) is 74.9 Å². The number of carbonyl (C=O) groups is 1. The fourth-order valence-electron chi connectivity index (χ4n) is 2.26. The molecule has 1 heterocycles. The molecular formula is C18H14BrNOS. The molecule has 0 bridgehead atoms. The molecule has 0 unspecified atom stereocenters. The van der Waals surface area contributed by atoms with Crippen LogP contribution < -0.4 is 5.32 Å². The van der Waals surface area contributed by atoms with Crippen LogP contribution >= 0.6 is 27.3 Å². The fourth-order valence-corrected chi connectivity index (χ4v) is 3.34. The molecule has 2 aromatic carbocycles. The first-order chi connectivity index (χ1) is 10.6. The van der Waals surface area contributed by atoms with E-state index in [-0.39, 0.29) is 5.91 Å². The Hall–Kier alpha value is -1.91. The van der Waals surface area contributed by atoms with Crippen molar-refractivity contribution in [3.63, 3.8) is 0 Å². The average molecular weight is 372 g/mol. The van der Waals surface area contributed by atoms with Crippen LogP contribution in [0.4, 0.5) is 5.69 Å². The predicted octanol–water partition coefficient (Wildman–Crippen LogP) is 5.74. The highest BCUT2D eigenvalue weighted by Crippen LogP contribution is 2.29. The number of carbonyl (C=O) groups excluding carboxylic acids is 1. The summed E-state index contributed by atoms with van der Waals surface area (Å²) in [6, 6.07) is 17.9. The van der Waals surface area contributed by atoms with Gasteiger partial charge in [-0.3, -0.25) is 4.79 Å². The van der Waals surface area contributed by atoms with Gasteiger partial charge in [-0.1, -0.05) is 46.3 Å². The van der Waals surface area contributed by atoms with E-state index in [1.807, 2.05) is 66.9 Å². The molecule has 1 aromatic heterocycles. The van der Waals surface area contributed by atoms with Gasteiger partial charge in [0.05, 0.1) is 4.88 Å². The van der Waals surface area contributed by atoms with Crippen LogP contribution in [-0.2, 0) is 0 Å². The Balaban J connectivity index is 1.93. The molecule has 1 amide bonds. The third-order valence-corrected chi connectivity index (χ3v) is 4.94. The van der Waals surface area contributed by atoms with Gasteiger partial charge in [0.2, 0.25) is 0 Å². The van der Waals surface area contributed by atoms with Gasteiger partial charge in [-0.25, -0.2) is 0 Å². The van der Waals surface area contributed by atoms with E-state index in [0.29, 0.717) is 0 Å². The maximum Gasteiger partial charge on any atom is 0.266 e. The van der Waals surface area contributed by atoms with Crippen molar-refractivity contribution < 1.29 is 4.79 Å². The SMILES string of the molecule is Cc1ccsc1C(=O)Nc1ccccc1-c1ccc(Br)cc1. The number of aryl methyl sites for hydroxylation is 1. The van der Waals surface area contributed by atoms with Crippen LogP contribution in [0.1, 0.15) is 15.2 Å². The zero-order valence-corrected chi connectivity index (χ0v) is 14.4. The molecule has 0 saturated heterocycles. The highest BCUT2D eigenvalue weighted by atomic mass is 79.9. The molecule has 2 nitrogen and oxygen atoms in total. The third kappa shape index (κ3) is 3.13. The number of rotatable bonds is 3. The molecule has 0 aliphatic rings. The lowest BCUT2D eigenvalue weighted by atomic mass is 10.0. The summed E-state index contributed by atoms with van der Waals surface area (Å²) in [4.78, 5) is 13.2. The Kier molecular flexibility index (Phi) is 4.41. The maximum absolute atomic E-state index is 12.4. The van der Waals surface area contributed by atoms with Gasteiger partial charge in [-0.05, 0) is 47.7 Å². The Morgan fingerprint density at radius 3 is 2.45 bits per heavy atom. The molecule has 0 saturated carbocycles. The molecule has 3 rings (SSSR count). The minimum absolute atomic E-state index is 0.0583. The average Bonchev–Trinajstić information content (AvgIpc) is 2.95. The molecule has 0 spiro atoms. The van der Waals surface area contributed by atoms with E-state index in [2.05, 4.69) is 21.2 Å². The Labute approximate surface area is 141 Å². The van der Waals surface area contributed by atoms with Gasteiger partial charge in [0.15, 0.2) is 0 Å². The number of nitrogens with one attached hydrogen (secondary N) is 1. The number of hydrogen-bond donors (Lipinski definition) is 1. The van der Waals surface area contributed by atoms with Crippen molar-refractivity contribution in [3.8, 4) is 11.1 Å². The Morgan fingerprint density at radius 1 is 1.05 bits per heavy atom. The van der Waals surface area contributed by atoms with E-state index < -0.39 is 0 Å². The first-order valence-corrected chi connectivity index (χ1v) is 8.53. The van der Waals surface area contributed by atoms with Gasteiger partial charge in [-0.15, -0.1) is 11.3 Å². The van der Waals surface area contributed by atoms with Crippen molar-refractivity contribution >= 4 is 38.9 Å². The van der Waals surface area contributed by atoms with Gasteiger partial charge in [0.1, 0.15) is 0 Å². The topological polar surface area (TPSA) is 29.1 Å². The molecule has 1 N–H and O–H groups in total. The zero-order chi connectivity index (χ0) is 15.5. The van der Waals surface area contributed by atoms with Crippen LogP contribution in [0.3, 0.4) is 0 Å². The lowest BCUT2D eigenvalue weighted by Gasteiger charge is -2.11. The summed E-state index contributed by atoms with van der Waals surface area (Å²) in [7, 11) is 0. The lowest BCUT2D eigenvalue weighted by molar-refractivity contribution is 0.103. The fraction of sp³-hybridized carbons (Fsp3) is 0.0556. The van der Waals surface area contributed by atoms with Crippen LogP contribution in [0.15, 0.2) is 64.5 Å². The van der Waals surface area contributed by atoms with Gasteiger partial charge in [0, 0.05) is 15.7 Å². The first kappa shape index (κ1) is 15.0. The van der Waals surface area contributed by atoms with Crippen molar-refractivity contribution in [1.82, 2.24) is 0 Å². The zero-order valence-electron chi connectivity index (χ0n) is 12.0. The van der Waals surface area contributed by atoms with Crippen LogP contribution in [-0.4, -0.2) is 5.91 Å². The molecule has 0 fully saturated rings. The third-order valence-electron chi connectivity index (χ3n) is 3.40. The second-order valence-corrected chi connectivity index (χ2v) is 6.77. The van der Waals surface area contributed by atoms with Crippen molar-refractivity contribution in [2.45, 2.75) is 6.92 Å². The van der Waals surface area contributed by atoms with Crippen LogP contribution in [0.2, 0.25) is 0 Å². The first-order valence-electron chi connectivity index (χ1n) is 6.85. The molecule has 0 aliphatic heterocycles. The van der Waals surface area contributed by atoms with Crippen LogP contribution in [0, 0.1) is 6.92 Å². The molecular weight excluding hydrogens is 358 g/mol. The highest BCUT2D eigenvalue weighted by molar-refractivity contribution is 9.10. The Bertz CT molecular complexity index is 808. The van der Waals surface area contributed by atoms with E-state index in [0.717, 1.165) is 31.7 Å². The summed E-state index contributed by atoms with van der Waals surface area (Å²) >= 11 is 4.90. The summed E-state index contributed by atoms with van der Waals surface area (Å²) in [6.45, 7) is 1.95. The largest absolute Gasteiger partial charge is 0.321 e. The van der Waals surface area contributed by atoms with E-state index in [1.165, 1.54) is 11.3 Å². The molecule has 0 radical (unpaired) electrons. The smallest absolute Gasteiger partial charge is 0.266 e. The maximum atomic E-state index is 12.4. The van der Waals surface area contributed by atoms with Gasteiger partial charge in [0.25, 0.3) is 5.91 Å². The van der Waals surface area contributed by atoms with Crippen molar-refractivity contribution in [2.75, 3.05) is 5.32 Å². The van der Waals surface area contributed by atoms with Crippen molar-refractivity contribution in [1.29, 1.82) is 0 Å². The summed E-state index contributed by atoms with van der Waals surface area (Å²) in [5.74, 6) is -0.0583. The number of hydrogen-bond acceptors (Lipinski definition) is 2. The van der Waals surface area contributed by atoms with E-state index >= 15 is 0 Å². The molecule has 110 valence electrons. The number of benzene rings is 2. The van der Waals surface area contributed by atoms with Gasteiger partial charge >= 0.3 is 0 Å². The summed E-state index contributed by atoms with van der Waals surface area (Å²) in [5, 5.41) is 4.96. The Morgan fingerprint density at radius 2 is 1.77 bits per heavy atom. The van der Waals surface area contributed by atoms with Crippen molar-refractivity contribution in [2.24, 2.45) is 0 Å². The van der Waals surface area contributed by atoms with Crippen LogP contribution in [0.25, 0.3) is 11.1 Å². The van der Waals surface area contributed by atoms with E-state index in [9.17, 15) is 4.79 Å². The minimum atomic E-state index is -0.0583. The summed E-state index contributed by atoms with van der Waals surface area (Å²) < 4.78 is 1.03. The molecule has 4 heteroatoms. The normalized spacial score (nSPS) is 10.5. The minimum Gasteiger partial charge on any atom is -0.321 e. The second-order valence-electron chi connectivity index (χ2n) is 4.94. The van der Waals surface area contributed by atoms with Gasteiger partial charge in [-0.2, -0.15) is 0 Å². The number of halogens is 1. The second kappa shape index (κ2) is 6.46. The van der Waals surface area contributed by atoms with E-state index in [4.69, 9.17) is 0 Å². The molecule has 0 aliphatic carbocycles.